The Hall–Kier alpha value is -0.0400. The van der Waals surface area contributed by atoms with Gasteiger partial charge in [-0.05, 0) is 31.8 Å². The lowest BCUT2D eigenvalue weighted by Gasteiger charge is -2.09. The molecule has 1 N–H and O–H groups in total. The summed E-state index contributed by atoms with van der Waals surface area (Å²) >= 11 is 0. The maximum Gasteiger partial charge on any atom is 0 e. The fourth-order valence-corrected chi connectivity index (χ4v) is 1.44. The van der Waals surface area contributed by atoms with Crippen LogP contribution >= 0.6 is 0 Å². The van der Waals surface area contributed by atoms with Crippen LogP contribution in [0.25, 0.3) is 0 Å². The molecular weight excluding hydrogens is 110 g/mol. The van der Waals surface area contributed by atoms with Crippen LogP contribution in [0.3, 0.4) is 0 Å². The zero-order valence-corrected chi connectivity index (χ0v) is 6.32. The molecule has 0 spiro atoms. The van der Waals surface area contributed by atoms with Crippen molar-refractivity contribution >= 4 is 0 Å². The summed E-state index contributed by atoms with van der Waals surface area (Å²) in [5, 5.41) is 3.45. The van der Waals surface area contributed by atoms with Crippen LogP contribution in [0.2, 0.25) is 0 Å². The predicted octanol–water partition coefficient (Wildman–Crippen LogP) is 2.03. The molecule has 1 nitrogen and oxygen atoms in total. The Labute approximate surface area is 59.3 Å². The number of nitrogens with one attached hydrogen (secondary N) is 1. The number of hydrogen-bond acceptors (Lipinski definition) is 1. The highest BCUT2D eigenvalue weighted by molar-refractivity contribution is 4.65. The molecule has 1 aliphatic heterocycles. The average molecular weight is 129 g/mol. The van der Waals surface area contributed by atoms with Crippen molar-refractivity contribution in [3.8, 4) is 0 Å². The summed E-state index contributed by atoms with van der Waals surface area (Å²) in [6, 6.07) is 0. The molecule has 0 aliphatic carbocycles. The van der Waals surface area contributed by atoms with Crippen molar-refractivity contribution in [1.82, 2.24) is 5.32 Å². The second kappa shape index (κ2) is 3.89. The van der Waals surface area contributed by atoms with Crippen molar-refractivity contribution in [2.75, 3.05) is 13.1 Å². The first-order valence-corrected chi connectivity index (χ1v) is 4.14. The third kappa shape index (κ3) is 2.35. The van der Waals surface area contributed by atoms with Crippen molar-refractivity contribution in [2.45, 2.75) is 32.6 Å². The highest BCUT2D eigenvalue weighted by Crippen LogP contribution is 2.13. The van der Waals surface area contributed by atoms with Crippen molar-refractivity contribution in [3.63, 3.8) is 0 Å². The molecule has 0 amide bonds. The lowest BCUT2D eigenvalue weighted by atomic mass is 10.0. The Balaban J connectivity index is 0.000000810. The van der Waals surface area contributed by atoms with Gasteiger partial charge in [0, 0.05) is 1.43 Å². The normalized spacial score (nSPS) is 29.7. The van der Waals surface area contributed by atoms with E-state index in [1.165, 1.54) is 38.8 Å². The molecule has 1 aliphatic rings. The summed E-state index contributed by atoms with van der Waals surface area (Å²) < 4.78 is 0. The summed E-state index contributed by atoms with van der Waals surface area (Å²) in [5.74, 6) is 0.965. The molecule has 1 heterocycles. The largest absolute Gasteiger partial charge is 0.316 e. The number of hydrogen-bond donors (Lipinski definition) is 1. The minimum absolute atomic E-state index is 0. The van der Waals surface area contributed by atoms with Gasteiger partial charge in [0.25, 0.3) is 0 Å². The molecule has 0 bridgehead atoms. The molecule has 0 radical (unpaired) electrons. The molecule has 1 heteroatoms. The third-order valence-corrected chi connectivity index (χ3v) is 2.23. The van der Waals surface area contributed by atoms with E-state index in [2.05, 4.69) is 12.2 Å². The second-order valence-electron chi connectivity index (χ2n) is 2.97. The van der Waals surface area contributed by atoms with Gasteiger partial charge in [-0.3, -0.25) is 0 Å². The van der Waals surface area contributed by atoms with E-state index in [1.807, 2.05) is 0 Å². The van der Waals surface area contributed by atoms with Crippen LogP contribution in [0.4, 0.5) is 0 Å². The summed E-state index contributed by atoms with van der Waals surface area (Å²) in [6.07, 6.45) is 5.62. The SMILES string of the molecule is CCC1CCCCNC1.[HH]. The summed E-state index contributed by atoms with van der Waals surface area (Å²) in [7, 11) is 0. The van der Waals surface area contributed by atoms with Gasteiger partial charge < -0.3 is 5.32 Å². The summed E-state index contributed by atoms with van der Waals surface area (Å²) in [6.45, 7) is 4.80. The van der Waals surface area contributed by atoms with Crippen LogP contribution in [0.5, 0.6) is 0 Å². The minimum Gasteiger partial charge on any atom is -0.316 e. The van der Waals surface area contributed by atoms with Crippen LogP contribution in [0, 0.1) is 5.92 Å². The first kappa shape index (κ1) is 7.07. The third-order valence-electron chi connectivity index (χ3n) is 2.23. The molecule has 1 saturated heterocycles. The monoisotopic (exact) mass is 129 g/mol. The van der Waals surface area contributed by atoms with Crippen molar-refractivity contribution in [2.24, 2.45) is 5.92 Å². The topological polar surface area (TPSA) is 12.0 Å². The quantitative estimate of drug-likeness (QED) is 0.571. The molecule has 1 unspecified atom stereocenters. The zero-order valence-electron chi connectivity index (χ0n) is 6.32. The molecule has 0 aromatic rings. The fraction of sp³-hybridized carbons (Fsp3) is 1.00. The Bertz CT molecular complexity index is 67.7. The molecular formula is C8H19N. The second-order valence-corrected chi connectivity index (χ2v) is 2.97. The highest BCUT2D eigenvalue weighted by atomic mass is 14.9. The maximum absolute atomic E-state index is 3.45. The Morgan fingerprint density at radius 1 is 1.56 bits per heavy atom. The molecule has 0 aromatic carbocycles. The van der Waals surface area contributed by atoms with Gasteiger partial charge in [-0.2, -0.15) is 0 Å². The van der Waals surface area contributed by atoms with Gasteiger partial charge in [0.2, 0.25) is 0 Å². The van der Waals surface area contributed by atoms with Crippen LogP contribution in [0.1, 0.15) is 34.0 Å². The number of rotatable bonds is 1. The van der Waals surface area contributed by atoms with E-state index in [-0.39, 0.29) is 1.43 Å². The Morgan fingerprint density at radius 2 is 2.44 bits per heavy atom. The first-order chi connectivity index (χ1) is 4.43. The van der Waals surface area contributed by atoms with Gasteiger partial charge in [0.1, 0.15) is 0 Å². The van der Waals surface area contributed by atoms with E-state index >= 15 is 0 Å². The van der Waals surface area contributed by atoms with Crippen LogP contribution in [0.15, 0.2) is 0 Å². The predicted molar refractivity (Wildman–Crippen MR) is 42.6 cm³/mol. The molecule has 0 saturated carbocycles. The lowest BCUT2D eigenvalue weighted by molar-refractivity contribution is 0.466. The van der Waals surface area contributed by atoms with Gasteiger partial charge in [-0.25, -0.2) is 0 Å². The average Bonchev–Trinajstić information content (AvgIpc) is 2.13. The van der Waals surface area contributed by atoms with E-state index in [0.717, 1.165) is 5.92 Å². The summed E-state index contributed by atoms with van der Waals surface area (Å²) in [5.41, 5.74) is 0. The summed E-state index contributed by atoms with van der Waals surface area (Å²) in [4.78, 5) is 0. The molecule has 1 rings (SSSR count). The van der Waals surface area contributed by atoms with Crippen LogP contribution < -0.4 is 5.32 Å². The van der Waals surface area contributed by atoms with Gasteiger partial charge in [-0.1, -0.05) is 19.8 Å². The van der Waals surface area contributed by atoms with Crippen molar-refractivity contribution in [1.29, 1.82) is 0 Å². The standard InChI is InChI=1S/C8H17N.H2/c1-2-8-5-3-4-6-9-7-8;/h8-9H,2-7H2,1H3;1H. The van der Waals surface area contributed by atoms with Crippen molar-refractivity contribution < 1.29 is 1.43 Å². The molecule has 9 heavy (non-hydrogen) atoms. The highest BCUT2D eigenvalue weighted by Gasteiger charge is 2.07. The van der Waals surface area contributed by atoms with E-state index in [1.54, 1.807) is 0 Å². The molecule has 1 fully saturated rings. The maximum atomic E-state index is 3.45. The molecule has 56 valence electrons. The molecule has 0 aromatic heterocycles. The fourth-order valence-electron chi connectivity index (χ4n) is 1.44. The van der Waals surface area contributed by atoms with E-state index in [0.29, 0.717) is 0 Å². The van der Waals surface area contributed by atoms with Crippen LogP contribution in [-0.4, -0.2) is 13.1 Å². The van der Waals surface area contributed by atoms with E-state index in [9.17, 15) is 0 Å². The molecule has 1 atom stereocenters. The Kier molecular flexibility index (Phi) is 3.05. The Morgan fingerprint density at radius 3 is 3.22 bits per heavy atom. The van der Waals surface area contributed by atoms with Gasteiger partial charge in [0.15, 0.2) is 0 Å². The smallest absolute Gasteiger partial charge is 0 e. The minimum atomic E-state index is 0. The zero-order chi connectivity index (χ0) is 6.53. The van der Waals surface area contributed by atoms with E-state index in [4.69, 9.17) is 0 Å². The van der Waals surface area contributed by atoms with Crippen LogP contribution in [-0.2, 0) is 0 Å². The van der Waals surface area contributed by atoms with Crippen molar-refractivity contribution in [3.05, 3.63) is 0 Å². The first-order valence-electron chi connectivity index (χ1n) is 4.14. The van der Waals surface area contributed by atoms with Gasteiger partial charge in [-0.15, -0.1) is 0 Å². The van der Waals surface area contributed by atoms with Gasteiger partial charge in [0.05, 0.1) is 0 Å². The lowest BCUT2D eigenvalue weighted by Crippen LogP contribution is -2.19. The van der Waals surface area contributed by atoms with Gasteiger partial charge >= 0.3 is 0 Å². The van der Waals surface area contributed by atoms with E-state index < -0.39 is 0 Å².